The van der Waals surface area contributed by atoms with Gasteiger partial charge in [-0.05, 0) is 12.5 Å². The normalized spacial score (nSPS) is 18.1. The van der Waals surface area contributed by atoms with Crippen molar-refractivity contribution in [2.24, 2.45) is 4.99 Å². The minimum atomic E-state index is 0.753. The van der Waals surface area contributed by atoms with Gasteiger partial charge < -0.3 is 4.74 Å². The van der Waals surface area contributed by atoms with Gasteiger partial charge in [0.05, 0.1) is 6.54 Å². The predicted octanol–water partition coefficient (Wildman–Crippen LogP) is 1.38. The van der Waals surface area contributed by atoms with Crippen molar-refractivity contribution in [1.29, 1.82) is 0 Å². The molecule has 0 bridgehead atoms. The van der Waals surface area contributed by atoms with Gasteiger partial charge in [-0.25, -0.2) is 4.99 Å². The third-order valence-corrected chi connectivity index (χ3v) is 1.11. The number of hydrogen-bond acceptors (Lipinski definition) is 2. The van der Waals surface area contributed by atoms with E-state index >= 15 is 0 Å². The minimum absolute atomic E-state index is 0.753. The molecule has 0 atom stereocenters. The third-order valence-electron chi connectivity index (χ3n) is 1.11. The van der Waals surface area contributed by atoms with E-state index in [1.165, 1.54) is 0 Å². The van der Waals surface area contributed by atoms with Crippen LogP contribution in [0.4, 0.5) is 0 Å². The van der Waals surface area contributed by atoms with Crippen LogP contribution in [0.25, 0.3) is 0 Å². The van der Waals surface area contributed by atoms with E-state index in [0.717, 1.165) is 25.5 Å². The van der Waals surface area contributed by atoms with Crippen LogP contribution in [-0.4, -0.2) is 19.0 Å². The lowest BCUT2D eigenvalue weighted by atomic mass is 10.4. The Morgan fingerprint density at radius 1 is 1.78 bits per heavy atom. The van der Waals surface area contributed by atoms with Gasteiger partial charge in [-0.15, -0.1) is 0 Å². The lowest BCUT2D eigenvalue weighted by Crippen LogP contribution is -1.92. The van der Waals surface area contributed by atoms with E-state index in [4.69, 9.17) is 4.74 Å². The molecule has 0 amide bonds. The number of allylic oxidation sites excluding steroid dienone is 1. The minimum Gasteiger partial charge on any atom is -0.476 e. The number of nitrogens with zero attached hydrogens (tertiary/aromatic N) is 1. The highest BCUT2D eigenvalue weighted by atomic mass is 16.5. The van der Waals surface area contributed by atoms with Crippen LogP contribution >= 0.6 is 0 Å². The van der Waals surface area contributed by atoms with Crippen LogP contribution in [0.15, 0.2) is 17.1 Å². The Kier molecular flexibility index (Phi) is 2.31. The standard InChI is InChI=1S/C7H11NO/c1-2-3-4-7-8-5-6-9-7/h3-4H,2,5-6H2,1H3. The van der Waals surface area contributed by atoms with Crippen LogP contribution in [0.2, 0.25) is 0 Å². The summed E-state index contributed by atoms with van der Waals surface area (Å²) in [6.07, 6.45) is 5.01. The molecule has 2 heteroatoms. The van der Waals surface area contributed by atoms with Gasteiger partial charge in [0.2, 0.25) is 5.90 Å². The fraction of sp³-hybridized carbons (Fsp3) is 0.571. The zero-order valence-electron chi connectivity index (χ0n) is 5.63. The fourth-order valence-electron chi connectivity index (χ4n) is 0.671. The van der Waals surface area contributed by atoms with Gasteiger partial charge >= 0.3 is 0 Å². The molecule has 2 nitrogen and oxygen atoms in total. The summed E-state index contributed by atoms with van der Waals surface area (Å²) in [6.45, 7) is 3.67. The second-order valence-electron chi connectivity index (χ2n) is 1.88. The average Bonchev–Trinajstić information content (AvgIpc) is 2.34. The molecule has 0 fully saturated rings. The van der Waals surface area contributed by atoms with Crippen LogP contribution in [0.1, 0.15) is 13.3 Å². The summed E-state index contributed by atoms with van der Waals surface area (Å²) in [5.74, 6) is 0.789. The molecule has 0 aromatic carbocycles. The van der Waals surface area contributed by atoms with Gasteiger partial charge in [-0.1, -0.05) is 13.0 Å². The molecule has 0 saturated carbocycles. The van der Waals surface area contributed by atoms with Gasteiger partial charge in [-0.3, -0.25) is 0 Å². The summed E-state index contributed by atoms with van der Waals surface area (Å²) >= 11 is 0. The summed E-state index contributed by atoms with van der Waals surface area (Å²) in [5.41, 5.74) is 0. The fourth-order valence-corrected chi connectivity index (χ4v) is 0.671. The SMILES string of the molecule is CCC=CC1=NCCO1. The van der Waals surface area contributed by atoms with Crippen molar-refractivity contribution in [1.82, 2.24) is 0 Å². The molecular formula is C7H11NO. The molecule has 0 radical (unpaired) electrons. The van der Waals surface area contributed by atoms with Gasteiger partial charge in [-0.2, -0.15) is 0 Å². The van der Waals surface area contributed by atoms with Gasteiger partial charge in [0.15, 0.2) is 0 Å². The summed E-state index contributed by atoms with van der Waals surface area (Å²) < 4.78 is 5.12. The average molecular weight is 125 g/mol. The van der Waals surface area contributed by atoms with Gasteiger partial charge in [0.1, 0.15) is 6.61 Å². The molecule has 0 aromatic heterocycles. The molecule has 0 aliphatic carbocycles. The number of aliphatic imine (C=N–C) groups is 1. The Labute approximate surface area is 55.2 Å². The molecule has 0 spiro atoms. The van der Waals surface area contributed by atoms with Crippen molar-refractivity contribution < 1.29 is 4.74 Å². The predicted molar refractivity (Wildman–Crippen MR) is 37.7 cm³/mol. The van der Waals surface area contributed by atoms with Crippen molar-refractivity contribution in [3.63, 3.8) is 0 Å². The highest BCUT2D eigenvalue weighted by Gasteiger charge is 2.00. The van der Waals surface area contributed by atoms with Crippen molar-refractivity contribution in [2.75, 3.05) is 13.2 Å². The molecule has 0 unspecified atom stereocenters. The summed E-state index contributed by atoms with van der Waals surface area (Å²) in [5, 5.41) is 0. The second kappa shape index (κ2) is 3.28. The maximum Gasteiger partial charge on any atom is 0.208 e. The molecule has 1 aliphatic heterocycles. The second-order valence-corrected chi connectivity index (χ2v) is 1.88. The topological polar surface area (TPSA) is 21.6 Å². The first-order valence-electron chi connectivity index (χ1n) is 3.27. The first-order chi connectivity index (χ1) is 4.43. The summed E-state index contributed by atoms with van der Waals surface area (Å²) in [4.78, 5) is 4.08. The van der Waals surface area contributed by atoms with E-state index in [1.54, 1.807) is 0 Å². The summed E-state index contributed by atoms with van der Waals surface area (Å²) in [7, 11) is 0. The Morgan fingerprint density at radius 3 is 3.22 bits per heavy atom. The van der Waals surface area contributed by atoms with Gasteiger partial charge in [0, 0.05) is 0 Å². The Bertz CT molecular complexity index is 138. The van der Waals surface area contributed by atoms with Crippen molar-refractivity contribution in [2.45, 2.75) is 13.3 Å². The zero-order chi connectivity index (χ0) is 6.53. The molecule has 50 valence electrons. The molecule has 0 aromatic rings. The van der Waals surface area contributed by atoms with Crippen molar-refractivity contribution >= 4 is 5.90 Å². The van der Waals surface area contributed by atoms with E-state index in [0.29, 0.717) is 0 Å². The maximum absolute atomic E-state index is 5.12. The first kappa shape index (κ1) is 6.33. The van der Waals surface area contributed by atoms with Crippen LogP contribution in [0, 0.1) is 0 Å². The van der Waals surface area contributed by atoms with E-state index in [9.17, 15) is 0 Å². The molecule has 0 N–H and O–H groups in total. The molecule has 1 rings (SSSR count). The highest BCUT2D eigenvalue weighted by Crippen LogP contribution is 1.95. The van der Waals surface area contributed by atoms with Gasteiger partial charge in [0.25, 0.3) is 0 Å². The quantitative estimate of drug-likeness (QED) is 0.546. The van der Waals surface area contributed by atoms with E-state index in [-0.39, 0.29) is 0 Å². The van der Waals surface area contributed by atoms with E-state index in [1.807, 2.05) is 12.2 Å². The Hall–Kier alpha value is -0.790. The van der Waals surface area contributed by atoms with Crippen molar-refractivity contribution in [3.05, 3.63) is 12.2 Å². The molecule has 0 saturated heterocycles. The number of hydrogen-bond donors (Lipinski definition) is 0. The molecular weight excluding hydrogens is 114 g/mol. The number of ether oxygens (including phenoxy) is 1. The zero-order valence-corrected chi connectivity index (χ0v) is 5.63. The Morgan fingerprint density at radius 2 is 2.67 bits per heavy atom. The summed E-state index contributed by atoms with van der Waals surface area (Å²) in [6, 6.07) is 0. The lowest BCUT2D eigenvalue weighted by molar-refractivity contribution is 0.350. The number of rotatable bonds is 2. The van der Waals surface area contributed by atoms with Crippen molar-refractivity contribution in [3.8, 4) is 0 Å². The highest BCUT2D eigenvalue weighted by molar-refractivity contribution is 5.88. The molecule has 9 heavy (non-hydrogen) atoms. The Balaban J connectivity index is 2.34. The van der Waals surface area contributed by atoms with E-state index in [2.05, 4.69) is 11.9 Å². The maximum atomic E-state index is 5.12. The van der Waals surface area contributed by atoms with Crippen LogP contribution in [-0.2, 0) is 4.74 Å². The first-order valence-corrected chi connectivity index (χ1v) is 3.27. The largest absolute Gasteiger partial charge is 0.476 e. The van der Waals surface area contributed by atoms with Crippen LogP contribution in [0.3, 0.4) is 0 Å². The monoisotopic (exact) mass is 125 g/mol. The molecule has 1 heterocycles. The third kappa shape index (κ3) is 1.88. The van der Waals surface area contributed by atoms with E-state index < -0.39 is 0 Å². The van der Waals surface area contributed by atoms with Crippen LogP contribution in [0.5, 0.6) is 0 Å². The van der Waals surface area contributed by atoms with Crippen LogP contribution < -0.4 is 0 Å². The lowest BCUT2D eigenvalue weighted by Gasteiger charge is -1.90. The molecule has 1 aliphatic rings. The smallest absolute Gasteiger partial charge is 0.208 e.